The number of hydrogen-bond donors (Lipinski definition) is 0. The molecule has 2 aliphatic heterocycles. The van der Waals surface area contributed by atoms with Gasteiger partial charge in [0.2, 0.25) is 17.7 Å². The second kappa shape index (κ2) is 7.81. The number of ether oxygens (including phenoxy) is 1. The smallest absolute Gasteiger partial charge is 0.242 e. The van der Waals surface area contributed by atoms with Gasteiger partial charge in [-0.05, 0) is 25.0 Å². The van der Waals surface area contributed by atoms with Gasteiger partial charge in [-0.2, -0.15) is 0 Å². The lowest BCUT2D eigenvalue weighted by Gasteiger charge is -2.37. The lowest BCUT2D eigenvalue weighted by Crippen LogP contribution is -2.52. The highest BCUT2D eigenvalue weighted by Gasteiger charge is 2.48. The van der Waals surface area contributed by atoms with Gasteiger partial charge in [0.15, 0.2) is 0 Å². The molecule has 0 radical (unpaired) electrons. The van der Waals surface area contributed by atoms with Crippen LogP contribution in [0.4, 0.5) is 5.69 Å². The van der Waals surface area contributed by atoms with Crippen molar-refractivity contribution in [3.63, 3.8) is 0 Å². The van der Waals surface area contributed by atoms with Gasteiger partial charge in [-0.15, -0.1) is 0 Å². The number of anilines is 1. The van der Waals surface area contributed by atoms with E-state index in [1.54, 1.807) is 12.0 Å². The van der Waals surface area contributed by atoms with Crippen LogP contribution in [-0.4, -0.2) is 67.4 Å². The molecule has 1 aromatic rings. The minimum atomic E-state index is -0.198. The third-order valence-corrected chi connectivity index (χ3v) is 6.28. The van der Waals surface area contributed by atoms with Crippen LogP contribution >= 0.6 is 0 Å². The molecule has 1 saturated carbocycles. The molecule has 2 saturated heterocycles. The average molecular weight is 385 g/mol. The zero-order chi connectivity index (χ0) is 19.7. The Hall–Kier alpha value is -2.57. The third-order valence-electron chi connectivity index (χ3n) is 6.28. The normalized spacial score (nSPS) is 25.1. The number of rotatable bonds is 4. The fourth-order valence-electron chi connectivity index (χ4n) is 4.71. The maximum atomic E-state index is 12.8. The van der Waals surface area contributed by atoms with Gasteiger partial charge in [-0.25, -0.2) is 0 Å². The summed E-state index contributed by atoms with van der Waals surface area (Å²) in [5.41, 5.74) is 1.02. The van der Waals surface area contributed by atoms with E-state index in [4.69, 9.17) is 4.74 Å². The van der Waals surface area contributed by atoms with Crippen molar-refractivity contribution in [1.82, 2.24) is 9.80 Å². The second-order valence-corrected chi connectivity index (χ2v) is 7.80. The van der Waals surface area contributed by atoms with E-state index in [0.717, 1.165) is 37.1 Å². The molecule has 150 valence electrons. The van der Waals surface area contributed by atoms with Crippen LogP contribution in [0.5, 0.6) is 5.75 Å². The summed E-state index contributed by atoms with van der Waals surface area (Å²) in [6, 6.07) is 7.85. The summed E-state index contributed by atoms with van der Waals surface area (Å²) in [4.78, 5) is 43.1. The van der Waals surface area contributed by atoms with Gasteiger partial charge in [0.05, 0.1) is 24.6 Å². The number of likely N-dealkylation sites (tertiary alicyclic amines) is 1. The van der Waals surface area contributed by atoms with Gasteiger partial charge in [0.1, 0.15) is 12.3 Å². The first-order chi connectivity index (χ1) is 13.6. The lowest BCUT2D eigenvalue weighted by molar-refractivity contribution is -0.146. The Balaban J connectivity index is 1.36. The number of methoxy groups -OCH3 is 1. The quantitative estimate of drug-likeness (QED) is 0.735. The molecule has 4 rings (SSSR count). The first-order valence-electron chi connectivity index (χ1n) is 10.1. The predicted octanol–water partition coefficient (Wildman–Crippen LogP) is 1.52. The van der Waals surface area contributed by atoms with Crippen molar-refractivity contribution in [2.45, 2.75) is 25.7 Å². The molecule has 3 fully saturated rings. The largest absolute Gasteiger partial charge is 0.495 e. The highest BCUT2D eigenvalue weighted by molar-refractivity contribution is 6.07. The molecular weight excluding hydrogens is 358 g/mol. The van der Waals surface area contributed by atoms with E-state index in [2.05, 4.69) is 4.90 Å². The van der Waals surface area contributed by atoms with E-state index in [1.807, 2.05) is 24.3 Å². The van der Waals surface area contributed by atoms with Crippen molar-refractivity contribution in [2.24, 2.45) is 11.8 Å². The number of fused-ring (bicyclic) bond motifs is 1. The highest BCUT2D eigenvalue weighted by atomic mass is 16.5. The number of hydrogen-bond acceptors (Lipinski definition) is 5. The SMILES string of the molecule is COc1ccccc1N1CCN(C(=O)CN2C(=O)[C@@H]3CCCC[C@H]3C2=O)CC1. The summed E-state index contributed by atoms with van der Waals surface area (Å²) in [7, 11) is 1.65. The molecule has 0 aromatic heterocycles. The van der Waals surface area contributed by atoms with E-state index < -0.39 is 0 Å². The van der Waals surface area contributed by atoms with Crippen LogP contribution in [-0.2, 0) is 14.4 Å². The topological polar surface area (TPSA) is 70.2 Å². The highest BCUT2D eigenvalue weighted by Crippen LogP contribution is 2.38. The van der Waals surface area contributed by atoms with Crippen LogP contribution in [0.1, 0.15) is 25.7 Å². The van der Waals surface area contributed by atoms with Crippen LogP contribution < -0.4 is 9.64 Å². The van der Waals surface area contributed by atoms with E-state index in [0.29, 0.717) is 26.2 Å². The van der Waals surface area contributed by atoms with Gasteiger partial charge in [-0.1, -0.05) is 25.0 Å². The zero-order valence-corrected chi connectivity index (χ0v) is 16.3. The fraction of sp³-hybridized carbons (Fsp3) is 0.571. The molecule has 7 heteroatoms. The average Bonchev–Trinajstić information content (AvgIpc) is 2.99. The Morgan fingerprint density at radius 2 is 1.61 bits per heavy atom. The Kier molecular flexibility index (Phi) is 5.24. The molecule has 0 spiro atoms. The van der Waals surface area contributed by atoms with E-state index >= 15 is 0 Å². The number of amides is 3. The third kappa shape index (κ3) is 3.34. The number of piperazine rings is 1. The molecule has 7 nitrogen and oxygen atoms in total. The van der Waals surface area contributed by atoms with Crippen molar-refractivity contribution in [1.29, 1.82) is 0 Å². The molecule has 3 aliphatic rings. The minimum absolute atomic E-state index is 0.112. The molecule has 28 heavy (non-hydrogen) atoms. The van der Waals surface area contributed by atoms with Crippen LogP contribution in [0.2, 0.25) is 0 Å². The van der Waals surface area contributed by atoms with Gasteiger partial charge in [0, 0.05) is 26.2 Å². The van der Waals surface area contributed by atoms with Crippen molar-refractivity contribution in [2.75, 3.05) is 44.7 Å². The molecule has 2 heterocycles. The van der Waals surface area contributed by atoms with Crippen LogP contribution in [0.25, 0.3) is 0 Å². The molecule has 3 amide bonds. The van der Waals surface area contributed by atoms with Crippen molar-refractivity contribution in [3.8, 4) is 5.75 Å². The summed E-state index contributed by atoms with van der Waals surface area (Å²) in [5, 5.41) is 0. The Morgan fingerprint density at radius 1 is 1.00 bits per heavy atom. The van der Waals surface area contributed by atoms with Gasteiger partial charge < -0.3 is 14.5 Å². The second-order valence-electron chi connectivity index (χ2n) is 7.80. The summed E-state index contributed by atoms with van der Waals surface area (Å²) in [5.74, 6) is -0.00235. The summed E-state index contributed by atoms with van der Waals surface area (Å²) >= 11 is 0. The van der Waals surface area contributed by atoms with Crippen molar-refractivity contribution in [3.05, 3.63) is 24.3 Å². The van der Waals surface area contributed by atoms with Crippen molar-refractivity contribution < 1.29 is 19.1 Å². The Bertz CT molecular complexity index is 749. The van der Waals surface area contributed by atoms with E-state index in [-0.39, 0.29) is 36.1 Å². The maximum Gasteiger partial charge on any atom is 0.242 e. The molecule has 0 bridgehead atoms. The molecule has 2 atom stereocenters. The molecule has 1 aromatic carbocycles. The molecular formula is C21H27N3O4. The number of carbonyl (C=O) groups is 3. The summed E-state index contributed by atoms with van der Waals surface area (Å²) in [6.07, 6.45) is 3.54. The number of nitrogens with zero attached hydrogens (tertiary/aromatic N) is 3. The van der Waals surface area contributed by atoms with Crippen LogP contribution in [0.15, 0.2) is 24.3 Å². The monoisotopic (exact) mass is 385 g/mol. The van der Waals surface area contributed by atoms with Crippen LogP contribution in [0.3, 0.4) is 0 Å². The van der Waals surface area contributed by atoms with E-state index in [1.165, 1.54) is 4.90 Å². The maximum absolute atomic E-state index is 12.8. The summed E-state index contributed by atoms with van der Waals surface area (Å²) in [6.45, 7) is 2.41. The number of imide groups is 1. The number of para-hydroxylation sites is 2. The first kappa shape index (κ1) is 18.8. The van der Waals surface area contributed by atoms with Gasteiger partial charge >= 0.3 is 0 Å². The van der Waals surface area contributed by atoms with E-state index in [9.17, 15) is 14.4 Å². The lowest BCUT2D eigenvalue weighted by atomic mass is 9.81. The fourth-order valence-corrected chi connectivity index (χ4v) is 4.71. The standard InChI is InChI=1S/C21H27N3O4/c1-28-18-9-5-4-8-17(18)22-10-12-23(13-11-22)19(25)14-24-20(26)15-6-2-3-7-16(15)21(24)27/h4-5,8-9,15-16H,2-3,6-7,10-14H2,1H3/t15-,16-/m1/s1. The minimum Gasteiger partial charge on any atom is -0.495 e. The number of benzene rings is 1. The molecule has 0 unspecified atom stereocenters. The van der Waals surface area contributed by atoms with Gasteiger partial charge in [-0.3, -0.25) is 19.3 Å². The summed E-state index contributed by atoms with van der Waals surface area (Å²) < 4.78 is 5.43. The Morgan fingerprint density at radius 3 is 2.21 bits per heavy atom. The zero-order valence-electron chi connectivity index (χ0n) is 16.3. The number of carbonyl (C=O) groups excluding carboxylic acids is 3. The van der Waals surface area contributed by atoms with Crippen LogP contribution in [0, 0.1) is 11.8 Å². The molecule has 0 N–H and O–H groups in total. The van der Waals surface area contributed by atoms with Crippen molar-refractivity contribution >= 4 is 23.4 Å². The first-order valence-corrected chi connectivity index (χ1v) is 10.1. The predicted molar refractivity (Wildman–Crippen MR) is 104 cm³/mol. The Labute approximate surface area is 165 Å². The molecule has 1 aliphatic carbocycles. The van der Waals surface area contributed by atoms with Gasteiger partial charge in [0.25, 0.3) is 0 Å².